The van der Waals surface area contributed by atoms with Crippen molar-refractivity contribution in [3.05, 3.63) is 70.6 Å². The normalized spacial score (nSPS) is 13.5. The molecule has 0 fully saturated rings. The van der Waals surface area contributed by atoms with E-state index in [0.29, 0.717) is 6.61 Å². The van der Waals surface area contributed by atoms with Crippen LogP contribution in [0.3, 0.4) is 0 Å². The highest BCUT2D eigenvalue weighted by atomic mass is 127. The minimum Gasteiger partial charge on any atom is -0.479 e. The first-order valence-electron chi connectivity index (χ1n) is 11.2. The Morgan fingerprint density at radius 3 is 2.54 bits per heavy atom. The third-order valence-electron chi connectivity index (χ3n) is 5.68. The van der Waals surface area contributed by atoms with Gasteiger partial charge in [-0.2, -0.15) is 0 Å². The van der Waals surface area contributed by atoms with Crippen molar-refractivity contribution in [3.63, 3.8) is 0 Å². The number of halogens is 2. The van der Waals surface area contributed by atoms with E-state index in [1.807, 2.05) is 32.0 Å². The van der Waals surface area contributed by atoms with E-state index in [1.54, 1.807) is 0 Å². The van der Waals surface area contributed by atoms with Crippen LogP contribution in [0.25, 0.3) is 5.69 Å². The SMILES string of the molecule is Cc1ccc(C)c(Cc2nc(C(C)(OCCOCCI)C(=O)O)nn2-c2ccc(S(N)(=O)=O)cc2F)c1. The summed E-state index contributed by atoms with van der Waals surface area (Å²) in [5, 5.41) is 19.5. The van der Waals surface area contributed by atoms with E-state index < -0.39 is 32.3 Å². The van der Waals surface area contributed by atoms with Crippen LogP contribution in [0.1, 0.15) is 35.3 Å². The molecule has 0 aliphatic rings. The number of carboxylic acid groups (broad SMARTS) is 1. The van der Waals surface area contributed by atoms with Gasteiger partial charge in [-0.25, -0.2) is 32.4 Å². The smallest absolute Gasteiger partial charge is 0.343 e. The minimum absolute atomic E-state index is 0.0300. The molecule has 3 aromatic rings. The van der Waals surface area contributed by atoms with Gasteiger partial charge in [0.15, 0.2) is 5.82 Å². The van der Waals surface area contributed by atoms with Crippen LogP contribution in [0.15, 0.2) is 41.3 Å². The van der Waals surface area contributed by atoms with Crippen LogP contribution in [0.4, 0.5) is 4.39 Å². The molecule has 1 aromatic heterocycles. The number of hydrogen-bond donors (Lipinski definition) is 2. The van der Waals surface area contributed by atoms with E-state index >= 15 is 4.39 Å². The summed E-state index contributed by atoms with van der Waals surface area (Å²) in [6.07, 6.45) is 0.200. The maximum Gasteiger partial charge on any atom is 0.343 e. The Morgan fingerprint density at radius 1 is 1.19 bits per heavy atom. The van der Waals surface area contributed by atoms with Gasteiger partial charge in [0.2, 0.25) is 15.6 Å². The molecule has 0 bridgehead atoms. The van der Waals surface area contributed by atoms with Crippen LogP contribution in [0, 0.1) is 19.7 Å². The lowest BCUT2D eigenvalue weighted by molar-refractivity contribution is -0.168. The monoisotopic (exact) mass is 646 g/mol. The summed E-state index contributed by atoms with van der Waals surface area (Å²) in [5.41, 5.74) is 0.764. The molecule has 1 heterocycles. The molecule has 0 saturated carbocycles. The quantitative estimate of drug-likeness (QED) is 0.174. The summed E-state index contributed by atoms with van der Waals surface area (Å²) >= 11 is 2.16. The fourth-order valence-corrected chi connectivity index (χ4v) is 4.37. The molecule has 0 aliphatic heterocycles. The molecule has 1 unspecified atom stereocenters. The van der Waals surface area contributed by atoms with Gasteiger partial charge in [-0.15, -0.1) is 5.10 Å². The van der Waals surface area contributed by atoms with Gasteiger partial charge in [0.1, 0.15) is 17.3 Å². The highest BCUT2D eigenvalue weighted by Crippen LogP contribution is 2.27. The lowest BCUT2D eigenvalue weighted by Crippen LogP contribution is -2.38. The number of nitrogens with zero attached hydrogens (tertiary/aromatic N) is 3. The lowest BCUT2D eigenvalue weighted by Gasteiger charge is -2.22. The molecule has 0 aliphatic carbocycles. The van der Waals surface area contributed by atoms with Crippen LogP contribution >= 0.6 is 22.6 Å². The average Bonchev–Trinajstić information content (AvgIpc) is 3.24. The summed E-state index contributed by atoms with van der Waals surface area (Å²) in [7, 11) is -4.14. The van der Waals surface area contributed by atoms with Gasteiger partial charge in [-0.1, -0.05) is 46.4 Å². The number of nitrogens with two attached hydrogens (primary N) is 1. The topological polar surface area (TPSA) is 147 Å². The van der Waals surface area contributed by atoms with Crippen molar-refractivity contribution in [2.75, 3.05) is 24.2 Å². The molecule has 3 rings (SSSR count). The Bertz CT molecular complexity index is 1400. The number of ether oxygens (including phenoxy) is 2. The lowest BCUT2D eigenvalue weighted by atomic mass is 10.0. The number of alkyl halides is 1. The summed E-state index contributed by atoms with van der Waals surface area (Å²) in [5.74, 6) is -2.20. The van der Waals surface area contributed by atoms with E-state index in [0.717, 1.165) is 37.9 Å². The Hall–Kier alpha value is -2.46. The first kappa shape index (κ1) is 29.1. The van der Waals surface area contributed by atoms with Gasteiger partial charge < -0.3 is 14.6 Å². The predicted octanol–water partition coefficient (Wildman–Crippen LogP) is 3.03. The zero-order valence-electron chi connectivity index (χ0n) is 20.6. The van der Waals surface area contributed by atoms with Crippen molar-refractivity contribution in [2.24, 2.45) is 5.14 Å². The molecule has 200 valence electrons. The predicted molar refractivity (Wildman–Crippen MR) is 142 cm³/mol. The molecule has 0 saturated heterocycles. The Balaban J connectivity index is 2.11. The largest absolute Gasteiger partial charge is 0.479 e. The second-order valence-corrected chi connectivity index (χ2v) is 11.2. The molecule has 3 N–H and O–H groups in total. The number of primary sulfonamides is 1. The van der Waals surface area contributed by atoms with E-state index in [4.69, 9.17) is 14.6 Å². The van der Waals surface area contributed by atoms with E-state index in [1.165, 1.54) is 13.0 Å². The number of benzene rings is 2. The van der Waals surface area contributed by atoms with Gasteiger partial charge in [0.05, 0.1) is 24.7 Å². The van der Waals surface area contributed by atoms with Crippen LogP contribution < -0.4 is 5.14 Å². The van der Waals surface area contributed by atoms with Gasteiger partial charge in [-0.05, 0) is 50.1 Å². The van der Waals surface area contributed by atoms with Crippen LogP contribution in [0.2, 0.25) is 0 Å². The number of aryl methyl sites for hydroxylation is 2. The molecular weight excluding hydrogens is 618 g/mol. The molecule has 13 heteroatoms. The Kier molecular flexibility index (Phi) is 9.39. The Labute approximate surface area is 228 Å². The second-order valence-electron chi connectivity index (χ2n) is 8.52. The average molecular weight is 646 g/mol. The molecule has 0 radical (unpaired) electrons. The highest BCUT2D eigenvalue weighted by molar-refractivity contribution is 14.1. The standard InChI is InChI=1S/C24H28FIN4O6S/c1-15-4-5-16(2)17(12-15)13-21-28-22(24(3,23(31)32)36-11-10-35-9-8-26)29-30(21)20-7-6-18(14-19(20)25)37(27,33)34/h4-7,12,14H,8-11,13H2,1-3H3,(H,31,32)(H2,27,33,34). The van der Waals surface area contributed by atoms with Gasteiger partial charge in [0, 0.05) is 10.8 Å². The number of carbonyl (C=O) groups is 1. The minimum atomic E-state index is -4.14. The van der Waals surface area contributed by atoms with Crippen LogP contribution in [-0.2, 0) is 36.3 Å². The van der Waals surface area contributed by atoms with Gasteiger partial charge in [-0.3, -0.25) is 0 Å². The molecule has 2 aromatic carbocycles. The van der Waals surface area contributed by atoms with Crippen LogP contribution in [-0.4, -0.2) is 58.5 Å². The molecule has 1 atom stereocenters. The maximum atomic E-state index is 15.1. The number of sulfonamides is 1. The van der Waals surface area contributed by atoms with Crippen LogP contribution in [0.5, 0.6) is 0 Å². The zero-order valence-corrected chi connectivity index (χ0v) is 23.5. The number of carboxylic acids is 1. The summed E-state index contributed by atoms with van der Waals surface area (Å²) in [4.78, 5) is 16.3. The molecule has 10 nitrogen and oxygen atoms in total. The third-order valence-corrected chi connectivity index (χ3v) is 7.03. The molecule has 0 spiro atoms. The summed E-state index contributed by atoms with van der Waals surface area (Å²) in [6, 6.07) is 8.98. The van der Waals surface area contributed by atoms with Crippen molar-refractivity contribution >= 4 is 38.6 Å². The highest BCUT2D eigenvalue weighted by Gasteiger charge is 2.41. The molecule has 0 amide bonds. The van der Waals surface area contributed by atoms with Crippen molar-refractivity contribution in [1.82, 2.24) is 14.8 Å². The first-order valence-corrected chi connectivity index (χ1v) is 14.3. The second kappa shape index (κ2) is 11.9. The van der Waals surface area contributed by atoms with Gasteiger partial charge >= 0.3 is 5.97 Å². The molecule has 37 heavy (non-hydrogen) atoms. The fraction of sp³-hybridized carbons (Fsp3) is 0.375. The van der Waals surface area contributed by atoms with Crippen molar-refractivity contribution in [2.45, 2.75) is 37.7 Å². The van der Waals surface area contributed by atoms with E-state index in [-0.39, 0.29) is 37.0 Å². The van der Waals surface area contributed by atoms with Crippen molar-refractivity contribution in [3.8, 4) is 5.69 Å². The summed E-state index contributed by atoms with van der Waals surface area (Å²) in [6.45, 7) is 5.80. The van der Waals surface area contributed by atoms with Crippen molar-refractivity contribution < 1.29 is 32.2 Å². The zero-order chi connectivity index (χ0) is 27.4. The summed E-state index contributed by atoms with van der Waals surface area (Å²) < 4.78 is 51.5. The third kappa shape index (κ3) is 6.90. The first-order chi connectivity index (χ1) is 17.4. The number of aliphatic carboxylic acids is 1. The maximum absolute atomic E-state index is 15.1. The number of hydrogen-bond acceptors (Lipinski definition) is 7. The Morgan fingerprint density at radius 2 is 1.92 bits per heavy atom. The van der Waals surface area contributed by atoms with Crippen molar-refractivity contribution in [1.29, 1.82) is 0 Å². The van der Waals surface area contributed by atoms with E-state index in [2.05, 4.69) is 32.7 Å². The fourth-order valence-electron chi connectivity index (χ4n) is 3.53. The number of aromatic nitrogens is 3. The van der Waals surface area contributed by atoms with E-state index in [9.17, 15) is 18.3 Å². The van der Waals surface area contributed by atoms with Gasteiger partial charge in [0.25, 0.3) is 0 Å². The number of rotatable bonds is 12. The molecular formula is C24H28FIN4O6S.